The van der Waals surface area contributed by atoms with Gasteiger partial charge in [-0.1, -0.05) is 35.5 Å². The number of rotatable bonds is 10. The van der Waals surface area contributed by atoms with Crippen LogP contribution in [0.5, 0.6) is 5.75 Å². The number of halogens is 1. The smallest absolute Gasteiger partial charge is 0.229 e. The Labute approximate surface area is 195 Å². The van der Waals surface area contributed by atoms with Gasteiger partial charge >= 0.3 is 0 Å². The summed E-state index contributed by atoms with van der Waals surface area (Å²) in [6.45, 7) is 0.233. The van der Waals surface area contributed by atoms with Crippen molar-refractivity contribution < 1.29 is 17.9 Å². The number of ether oxygens (including phenoxy) is 1. The van der Waals surface area contributed by atoms with Gasteiger partial charge in [0.25, 0.3) is 0 Å². The summed E-state index contributed by atoms with van der Waals surface area (Å²) in [6.07, 6.45) is 3.15. The number of thioether (sulfide) groups is 1. The topological polar surface area (TPSA) is 103 Å². The first-order valence-corrected chi connectivity index (χ1v) is 13.1. The lowest BCUT2D eigenvalue weighted by Gasteiger charge is -2.10. The highest BCUT2D eigenvalue weighted by atomic mass is 35.5. The Hall–Kier alpha value is -2.56. The van der Waals surface area contributed by atoms with Crippen molar-refractivity contribution in [2.45, 2.75) is 30.6 Å². The molecule has 11 heteroatoms. The Balaban J connectivity index is 1.40. The molecule has 0 radical (unpaired) electrons. The Kier molecular flexibility index (Phi) is 6.73. The van der Waals surface area contributed by atoms with Crippen molar-refractivity contribution in [3.8, 4) is 5.75 Å². The second kappa shape index (κ2) is 9.51. The van der Waals surface area contributed by atoms with E-state index in [2.05, 4.69) is 14.9 Å². The third-order valence-corrected chi connectivity index (χ3v) is 6.54. The van der Waals surface area contributed by atoms with E-state index >= 15 is 0 Å². The van der Waals surface area contributed by atoms with Crippen molar-refractivity contribution in [3.05, 3.63) is 64.9 Å². The number of aromatic nitrogens is 3. The number of anilines is 1. The summed E-state index contributed by atoms with van der Waals surface area (Å²) in [6, 6.07) is 13.9. The predicted molar refractivity (Wildman–Crippen MR) is 124 cm³/mol. The molecule has 0 bridgehead atoms. The van der Waals surface area contributed by atoms with Crippen molar-refractivity contribution in [1.29, 1.82) is 0 Å². The minimum atomic E-state index is -3.36. The SMILES string of the molecule is CS(=O)(=O)Nc1ccc(C(=O)CSc2nnc(COc3ccccc3Cl)n2C2CC2)cc1. The number of hydrogen-bond donors (Lipinski definition) is 1. The van der Waals surface area contributed by atoms with Gasteiger partial charge in [0.2, 0.25) is 10.0 Å². The van der Waals surface area contributed by atoms with E-state index in [4.69, 9.17) is 16.3 Å². The first-order chi connectivity index (χ1) is 15.3. The van der Waals surface area contributed by atoms with Gasteiger partial charge in [0, 0.05) is 17.3 Å². The highest BCUT2D eigenvalue weighted by molar-refractivity contribution is 7.99. The van der Waals surface area contributed by atoms with Crippen LogP contribution in [0.2, 0.25) is 5.02 Å². The van der Waals surface area contributed by atoms with Crippen molar-refractivity contribution >= 4 is 44.9 Å². The largest absolute Gasteiger partial charge is 0.484 e. The molecule has 4 rings (SSSR count). The molecule has 0 saturated heterocycles. The van der Waals surface area contributed by atoms with Crippen LogP contribution in [0.4, 0.5) is 5.69 Å². The van der Waals surface area contributed by atoms with Crippen molar-refractivity contribution in [2.75, 3.05) is 16.7 Å². The van der Waals surface area contributed by atoms with Gasteiger partial charge in [-0.2, -0.15) is 0 Å². The summed E-state index contributed by atoms with van der Waals surface area (Å²) in [7, 11) is -3.36. The molecular weight excluding hydrogens is 472 g/mol. The van der Waals surface area contributed by atoms with Crippen molar-refractivity contribution in [1.82, 2.24) is 14.8 Å². The number of nitrogens with one attached hydrogen (secondary N) is 1. The predicted octanol–water partition coefficient (Wildman–Crippen LogP) is 4.19. The number of para-hydroxylation sites is 1. The zero-order valence-electron chi connectivity index (χ0n) is 17.2. The maximum Gasteiger partial charge on any atom is 0.229 e. The first kappa shape index (κ1) is 22.6. The van der Waals surface area contributed by atoms with Gasteiger partial charge in [0.1, 0.15) is 12.4 Å². The monoisotopic (exact) mass is 492 g/mol. The molecular formula is C21H21ClN4O4S2. The van der Waals surface area contributed by atoms with E-state index in [-0.39, 0.29) is 18.1 Å². The standard InChI is InChI=1S/C21H21ClN4O4S2/c1-32(28,29)25-15-8-6-14(7-9-15)18(27)13-31-21-24-23-20(26(21)16-10-11-16)12-30-19-5-3-2-4-17(19)22/h2-9,16,25H,10-13H2,1H3. The van der Waals surface area contributed by atoms with E-state index in [1.165, 1.54) is 11.8 Å². The highest BCUT2D eigenvalue weighted by Gasteiger charge is 2.30. The van der Waals surface area contributed by atoms with E-state index in [1.807, 2.05) is 16.7 Å². The quantitative estimate of drug-likeness (QED) is 0.334. The molecule has 0 unspecified atom stereocenters. The number of carbonyl (C=O) groups excluding carboxylic acids is 1. The van der Waals surface area contributed by atoms with E-state index in [0.717, 1.165) is 19.1 Å². The highest BCUT2D eigenvalue weighted by Crippen LogP contribution is 2.39. The second-order valence-corrected chi connectivity index (χ2v) is 10.5. The fourth-order valence-corrected chi connectivity index (χ4v) is 4.73. The molecule has 1 aromatic heterocycles. The zero-order chi connectivity index (χ0) is 22.7. The van der Waals surface area contributed by atoms with Crippen LogP contribution in [0.1, 0.15) is 35.1 Å². The normalized spacial score (nSPS) is 13.7. The molecule has 8 nitrogen and oxygen atoms in total. The van der Waals surface area contributed by atoms with Crippen LogP contribution in [0.3, 0.4) is 0 Å². The first-order valence-electron chi connectivity index (χ1n) is 9.85. The number of Topliss-reactive ketones (excluding diaryl/α,β-unsaturated/α-hetero) is 1. The van der Waals surface area contributed by atoms with E-state index < -0.39 is 10.0 Å². The van der Waals surface area contributed by atoms with Crippen LogP contribution >= 0.6 is 23.4 Å². The minimum absolute atomic E-state index is 0.0832. The van der Waals surface area contributed by atoms with Gasteiger partial charge in [-0.3, -0.25) is 14.1 Å². The average molecular weight is 493 g/mol. The molecule has 0 spiro atoms. The van der Waals surface area contributed by atoms with Gasteiger partial charge in [0.05, 0.1) is 17.0 Å². The number of hydrogen-bond acceptors (Lipinski definition) is 7. The lowest BCUT2D eigenvalue weighted by molar-refractivity contribution is 0.102. The average Bonchev–Trinajstić information content (AvgIpc) is 3.51. The molecule has 1 aliphatic rings. The number of sulfonamides is 1. The number of nitrogens with zero attached hydrogens (tertiary/aromatic N) is 3. The second-order valence-electron chi connectivity index (χ2n) is 7.38. The molecule has 1 heterocycles. The summed E-state index contributed by atoms with van der Waals surface area (Å²) in [5.41, 5.74) is 0.907. The Morgan fingerprint density at radius 2 is 1.91 bits per heavy atom. The molecule has 0 atom stereocenters. The third kappa shape index (κ3) is 5.81. The number of carbonyl (C=O) groups is 1. The third-order valence-electron chi connectivity index (χ3n) is 4.68. The number of benzene rings is 2. The zero-order valence-corrected chi connectivity index (χ0v) is 19.6. The lowest BCUT2D eigenvalue weighted by Crippen LogP contribution is -2.10. The molecule has 0 amide bonds. The molecule has 168 valence electrons. The Morgan fingerprint density at radius 3 is 2.56 bits per heavy atom. The minimum Gasteiger partial charge on any atom is -0.484 e. The van der Waals surface area contributed by atoms with Gasteiger partial charge in [-0.25, -0.2) is 8.42 Å². The van der Waals surface area contributed by atoms with E-state index in [1.54, 1.807) is 36.4 Å². The summed E-state index contributed by atoms with van der Waals surface area (Å²) in [4.78, 5) is 12.6. The molecule has 2 aromatic carbocycles. The Morgan fingerprint density at radius 1 is 1.19 bits per heavy atom. The van der Waals surface area contributed by atoms with Gasteiger partial charge in [0.15, 0.2) is 16.8 Å². The van der Waals surface area contributed by atoms with E-state index in [0.29, 0.717) is 39.0 Å². The summed E-state index contributed by atoms with van der Waals surface area (Å²) < 4.78 is 32.8. The molecule has 1 fully saturated rings. The maximum absolute atomic E-state index is 12.6. The summed E-state index contributed by atoms with van der Waals surface area (Å²) >= 11 is 7.48. The Bertz CT molecular complexity index is 1220. The number of ketones is 1. The molecule has 1 saturated carbocycles. The van der Waals surface area contributed by atoms with Crippen LogP contribution in [0, 0.1) is 0 Å². The van der Waals surface area contributed by atoms with Gasteiger partial charge < -0.3 is 4.74 Å². The van der Waals surface area contributed by atoms with Crippen LogP contribution < -0.4 is 9.46 Å². The maximum atomic E-state index is 12.6. The van der Waals surface area contributed by atoms with Crippen LogP contribution in [-0.2, 0) is 16.6 Å². The van der Waals surface area contributed by atoms with E-state index in [9.17, 15) is 13.2 Å². The van der Waals surface area contributed by atoms with Crippen LogP contribution in [-0.4, -0.2) is 41.0 Å². The van der Waals surface area contributed by atoms with Crippen molar-refractivity contribution in [2.24, 2.45) is 0 Å². The molecule has 1 aliphatic carbocycles. The molecule has 3 aromatic rings. The summed E-state index contributed by atoms with van der Waals surface area (Å²) in [5.74, 6) is 1.38. The van der Waals surface area contributed by atoms with Crippen LogP contribution in [0.15, 0.2) is 53.7 Å². The molecule has 32 heavy (non-hydrogen) atoms. The van der Waals surface area contributed by atoms with Crippen molar-refractivity contribution in [3.63, 3.8) is 0 Å². The van der Waals surface area contributed by atoms with Gasteiger partial charge in [-0.05, 0) is 49.2 Å². The van der Waals surface area contributed by atoms with Crippen LogP contribution in [0.25, 0.3) is 0 Å². The fraction of sp³-hybridized carbons (Fsp3) is 0.286. The molecule has 0 aliphatic heterocycles. The lowest BCUT2D eigenvalue weighted by atomic mass is 10.1. The fourth-order valence-electron chi connectivity index (χ4n) is 3.06. The van der Waals surface area contributed by atoms with Gasteiger partial charge in [-0.15, -0.1) is 10.2 Å². The summed E-state index contributed by atoms with van der Waals surface area (Å²) in [5, 5.41) is 9.74. The molecule has 1 N–H and O–H groups in total.